The van der Waals surface area contributed by atoms with Crippen molar-refractivity contribution in [3.05, 3.63) is 41.0 Å². The Bertz CT molecular complexity index is 973. The van der Waals surface area contributed by atoms with E-state index in [-0.39, 0.29) is 13.5 Å². The maximum atomic E-state index is 6.73. The quantitative estimate of drug-likeness (QED) is 0.291. The molecule has 0 heterocycles. The molecule has 2 saturated carbocycles. The van der Waals surface area contributed by atoms with Crippen molar-refractivity contribution in [1.29, 1.82) is 0 Å². The summed E-state index contributed by atoms with van der Waals surface area (Å²) in [5, 5.41) is 1.57. The lowest BCUT2D eigenvalue weighted by molar-refractivity contribution is 0.000305. The topological polar surface area (TPSA) is 18.5 Å². The SMILES string of the molecule is COc1cccc(C2=C(C(C)C)C=C(C(C)C)CC2(OC)C(C)C)c1P(C1CCCCC1)C1CCCCC1. The molecule has 3 heteroatoms. The van der Waals surface area contributed by atoms with Crippen molar-refractivity contribution in [1.82, 2.24) is 0 Å². The monoisotopic (exact) mass is 538 g/mol. The summed E-state index contributed by atoms with van der Waals surface area (Å²) in [7, 11) is 3.54. The van der Waals surface area contributed by atoms with Crippen molar-refractivity contribution < 1.29 is 9.47 Å². The number of ether oxygens (including phenoxy) is 2. The third kappa shape index (κ3) is 5.83. The van der Waals surface area contributed by atoms with Crippen molar-refractivity contribution in [2.45, 2.75) is 129 Å². The average Bonchev–Trinajstić information content (AvgIpc) is 2.93. The Hall–Kier alpha value is -1.11. The maximum absolute atomic E-state index is 6.73. The lowest BCUT2D eigenvalue weighted by atomic mass is 9.67. The largest absolute Gasteiger partial charge is 0.496 e. The molecule has 0 radical (unpaired) electrons. The Morgan fingerprint density at radius 1 is 0.789 bits per heavy atom. The highest BCUT2D eigenvalue weighted by atomic mass is 31.1. The van der Waals surface area contributed by atoms with Gasteiger partial charge in [0, 0.05) is 18.8 Å². The minimum Gasteiger partial charge on any atom is -0.496 e. The smallest absolute Gasteiger partial charge is 0.127 e. The fraction of sp³-hybridized carbons (Fsp3) is 0.714. The second kappa shape index (κ2) is 13.0. The summed E-state index contributed by atoms with van der Waals surface area (Å²) in [6.07, 6.45) is 17.5. The zero-order valence-corrected chi connectivity index (χ0v) is 26.6. The van der Waals surface area contributed by atoms with Crippen LogP contribution in [0.3, 0.4) is 0 Å². The van der Waals surface area contributed by atoms with Crippen molar-refractivity contribution in [2.24, 2.45) is 17.8 Å². The Labute approximate surface area is 235 Å². The molecule has 212 valence electrons. The van der Waals surface area contributed by atoms with E-state index >= 15 is 0 Å². The van der Waals surface area contributed by atoms with E-state index in [9.17, 15) is 0 Å². The van der Waals surface area contributed by atoms with E-state index in [1.807, 2.05) is 14.2 Å². The average molecular weight is 539 g/mol. The van der Waals surface area contributed by atoms with Crippen LogP contribution in [0.2, 0.25) is 0 Å². The molecule has 1 aromatic rings. The van der Waals surface area contributed by atoms with Gasteiger partial charge in [-0.15, -0.1) is 0 Å². The fourth-order valence-corrected chi connectivity index (χ4v) is 11.7. The van der Waals surface area contributed by atoms with Gasteiger partial charge in [-0.2, -0.15) is 0 Å². The third-order valence-electron chi connectivity index (χ3n) is 9.86. The van der Waals surface area contributed by atoms with Crippen LogP contribution in [-0.4, -0.2) is 31.1 Å². The van der Waals surface area contributed by atoms with Crippen LogP contribution in [-0.2, 0) is 4.74 Å². The first-order valence-corrected chi connectivity index (χ1v) is 17.2. The van der Waals surface area contributed by atoms with Gasteiger partial charge in [-0.05, 0) is 77.5 Å². The molecular weight excluding hydrogens is 483 g/mol. The van der Waals surface area contributed by atoms with Crippen LogP contribution in [0.5, 0.6) is 5.75 Å². The molecule has 1 unspecified atom stereocenters. The van der Waals surface area contributed by atoms with Gasteiger partial charge < -0.3 is 9.47 Å². The predicted octanol–water partition coefficient (Wildman–Crippen LogP) is 9.90. The lowest BCUT2D eigenvalue weighted by Gasteiger charge is -2.46. The zero-order chi connectivity index (χ0) is 27.4. The van der Waals surface area contributed by atoms with E-state index in [0.29, 0.717) is 17.8 Å². The van der Waals surface area contributed by atoms with Crippen LogP contribution in [0, 0.1) is 17.8 Å². The Kier molecular flexibility index (Phi) is 10.2. The van der Waals surface area contributed by atoms with Gasteiger partial charge in [0.05, 0.1) is 12.7 Å². The van der Waals surface area contributed by atoms with Crippen LogP contribution < -0.4 is 10.0 Å². The second-order valence-corrected chi connectivity index (χ2v) is 15.9. The molecule has 0 N–H and O–H groups in total. The van der Waals surface area contributed by atoms with Crippen LogP contribution in [0.25, 0.3) is 5.57 Å². The standard InChI is InChI=1S/C35H55O2P/c1-24(2)27-22-31(25(3)4)33(35(23-27,37-8)26(5)6)30-20-15-21-32(36-7)34(30)38(28-16-11-9-12-17-28)29-18-13-10-14-19-29/h15,20-22,24-26,28-29H,9-14,16-19,23H2,1-8H3. The highest BCUT2D eigenvalue weighted by Crippen LogP contribution is 2.59. The fourth-order valence-electron chi connectivity index (χ4n) is 7.61. The summed E-state index contributed by atoms with van der Waals surface area (Å²) in [6, 6.07) is 6.96. The molecule has 0 aromatic heterocycles. The van der Waals surface area contributed by atoms with Crippen LogP contribution in [0.15, 0.2) is 35.4 Å². The molecule has 0 aliphatic heterocycles. The number of benzene rings is 1. The Morgan fingerprint density at radius 2 is 1.37 bits per heavy atom. The number of methoxy groups -OCH3 is 2. The molecule has 4 rings (SSSR count). The van der Waals surface area contributed by atoms with Crippen molar-refractivity contribution in [3.8, 4) is 5.75 Å². The molecule has 0 bridgehead atoms. The van der Waals surface area contributed by atoms with E-state index < -0.39 is 0 Å². The molecule has 2 fully saturated rings. The lowest BCUT2D eigenvalue weighted by Crippen LogP contribution is -2.44. The molecule has 38 heavy (non-hydrogen) atoms. The number of hydrogen-bond acceptors (Lipinski definition) is 2. The summed E-state index contributed by atoms with van der Waals surface area (Å²) < 4.78 is 13.0. The minimum atomic E-state index is -0.327. The van der Waals surface area contributed by atoms with E-state index in [4.69, 9.17) is 9.47 Å². The summed E-state index contributed by atoms with van der Waals surface area (Å²) in [5.74, 6) is 2.45. The normalized spacial score (nSPS) is 24.2. The van der Waals surface area contributed by atoms with Gasteiger partial charge >= 0.3 is 0 Å². The summed E-state index contributed by atoms with van der Waals surface area (Å²) in [5.41, 5.74) is 7.23. The van der Waals surface area contributed by atoms with Crippen molar-refractivity contribution in [3.63, 3.8) is 0 Å². The number of hydrogen-bond donors (Lipinski definition) is 0. The van der Waals surface area contributed by atoms with Gasteiger partial charge in [0.2, 0.25) is 0 Å². The van der Waals surface area contributed by atoms with Crippen molar-refractivity contribution in [2.75, 3.05) is 14.2 Å². The minimum absolute atomic E-state index is 0.324. The molecule has 3 aliphatic carbocycles. The van der Waals surface area contributed by atoms with Crippen LogP contribution in [0.1, 0.15) is 118 Å². The van der Waals surface area contributed by atoms with E-state index in [1.54, 1.807) is 5.30 Å². The summed E-state index contributed by atoms with van der Waals surface area (Å²) in [4.78, 5) is 0. The molecule has 2 nitrogen and oxygen atoms in total. The van der Waals surface area contributed by atoms with Gasteiger partial charge in [0.25, 0.3) is 0 Å². The first kappa shape index (κ1) is 29.9. The highest BCUT2D eigenvalue weighted by molar-refractivity contribution is 7.67. The highest BCUT2D eigenvalue weighted by Gasteiger charge is 2.46. The molecule has 0 amide bonds. The third-order valence-corrected chi connectivity index (χ3v) is 13.4. The number of rotatable bonds is 9. The zero-order valence-electron chi connectivity index (χ0n) is 25.7. The Morgan fingerprint density at radius 3 is 1.82 bits per heavy atom. The van der Waals surface area contributed by atoms with Gasteiger partial charge in [-0.3, -0.25) is 0 Å². The molecule has 0 saturated heterocycles. The molecular formula is C35H55O2P. The second-order valence-electron chi connectivity index (χ2n) is 13.1. The first-order valence-electron chi connectivity index (χ1n) is 15.7. The van der Waals surface area contributed by atoms with E-state index in [0.717, 1.165) is 23.5 Å². The van der Waals surface area contributed by atoms with Crippen LogP contribution >= 0.6 is 7.92 Å². The molecule has 0 spiro atoms. The van der Waals surface area contributed by atoms with E-state index in [1.165, 1.54) is 86.5 Å². The van der Waals surface area contributed by atoms with Crippen LogP contribution in [0.4, 0.5) is 0 Å². The maximum Gasteiger partial charge on any atom is 0.127 e. The first-order chi connectivity index (χ1) is 18.2. The van der Waals surface area contributed by atoms with E-state index in [2.05, 4.69) is 65.8 Å². The van der Waals surface area contributed by atoms with Gasteiger partial charge in [0.15, 0.2) is 0 Å². The molecule has 1 aromatic carbocycles. The molecule has 1 atom stereocenters. The summed E-state index contributed by atoms with van der Waals surface area (Å²) >= 11 is 0. The summed E-state index contributed by atoms with van der Waals surface area (Å²) in [6.45, 7) is 14.2. The predicted molar refractivity (Wildman–Crippen MR) is 167 cm³/mol. The van der Waals surface area contributed by atoms with Gasteiger partial charge in [-0.1, -0.05) is 112 Å². The van der Waals surface area contributed by atoms with Crippen molar-refractivity contribution >= 4 is 18.8 Å². The number of allylic oxidation sites excluding steroid dienone is 2. The van der Waals surface area contributed by atoms with Gasteiger partial charge in [0.1, 0.15) is 5.75 Å². The molecule has 3 aliphatic rings. The van der Waals surface area contributed by atoms with Gasteiger partial charge in [-0.25, -0.2) is 0 Å². The Balaban J connectivity index is 2.03.